The van der Waals surface area contributed by atoms with E-state index >= 15 is 0 Å². The lowest BCUT2D eigenvalue weighted by atomic mass is 10.4. The van der Waals surface area contributed by atoms with Gasteiger partial charge in [0, 0.05) is 5.75 Å². The van der Waals surface area contributed by atoms with Gasteiger partial charge in [-0.3, -0.25) is 4.79 Å². The van der Waals surface area contributed by atoms with Crippen molar-refractivity contribution in [2.45, 2.75) is 5.16 Å². The third-order valence-corrected chi connectivity index (χ3v) is 3.30. The maximum atomic E-state index is 11.5. The minimum absolute atomic E-state index is 0.0802. The smallest absolute Gasteiger partial charge is 0.260 e. The van der Waals surface area contributed by atoms with Crippen LogP contribution in [0.3, 0.4) is 0 Å². The SMILES string of the molecule is O=c1[nH]c(SCCO)nc2sccc12. The minimum atomic E-state index is -0.114. The number of aliphatic hydroxyl groups is 1. The average Bonchev–Trinajstić information content (AvgIpc) is 2.63. The van der Waals surface area contributed by atoms with E-state index in [0.29, 0.717) is 16.3 Å². The van der Waals surface area contributed by atoms with Crippen molar-refractivity contribution >= 4 is 33.3 Å². The number of H-pyrrole nitrogens is 1. The fraction of sp³-hybridized carbons (Fsp3) is 0.250. The zero-order chi connectivity index (χ0) is 9.97. The molecule has 0 aliphatic rings. The van der Waals surface area contributed by atoms with Crippen LogP contribution < -0.4 is 5.56 Å². The molecule has 4 nitrogen and oxygen atoms in total. The highest BCUT2D eigenvalue weighted by Crippen LogP contribution is 2.18. The van der Waals surface area contributed by atoms with Crippen molar-refractivity contribution in [1.82, 2.24) is 9.97 Å². The molecule has 0 atom stereocenters. The Balaban J connectivity index is 2.43. The van der Waals surface area contributed by atoms with Crippen LogP contribution in [0.25, 0.3) is 10.2 Å². The Morgan fingerprint density at radius 3 is 3.29 bits per heavy atom. The molecule has 0 fully saturated rings. The van der Waals surface area contributed by atoms with E-state index in [1.165, 1.54) is 23.1 Å². The van der Waals surface area contributed by atoms with Crippen molar-refractivity contribution < 1.29 is 5.11 Å². The van der Waals surface area contributed by atoms with Crippen molar-refractivity contribution in [3.8, 4) is 0 Å². The molecule has 2 aromatic rings. The standard InChI is InChI=1S/C8H8N2O2S2/c11-2-4-14-8-9-6(12)5-1-3-13-7(5)10-8/h1,3,11H,2,4H2,(H,9,10,12). The Kier molecular flexibility index (Phi) is 2.85. The number of hydrogen-bond donors (Lipinski definition) is 2. The predicted molar refractivity (Wildman–Crippen MR) is 58.1 cm³/mol. The van der Waals surface area contributed by atoms with Crippen LogP contribution in [0.4, 0.5) is 0 Å². The first kappa shape index (κ1) is 9.70. The van der Waals surface area contributed by atoms with Crippen LogP contribution in [0.5, 0.6) is 0 Å². The molecule has 0 saturated carbocycles. The zero-order valence-corrected chi connectivity index (χ0v) is 8.82. The first-order valence-electron chi connectivity index (χ1n) is 4.02. The first-order valence-corrected chi connectivity index (χ1v) is 5.89. The number of nitrogens with one attached hydrogen (secondary N) is 1. The topological polar surface area (TPSA) is 66.0 Å². The van der Waals surface area contributed by atoms with Crippen molar-refractivity contribution in [3.63, 3.8) is 0 Å². The number of aromatic amines is 1. The lowest BCUT2D eigenvalue weighted by molar-refractivity contribution is 0.322. The Hall–Kier alpha value is -0.850. The van der Waals surface area contributed by atoms with Gasteiger partial charge in [-0.1, -0.05) is 11.8 Å². The Bertz CT molecular complexity index is 491. The number of thioether (sulfide) groups is 1. The van der Waals surface area contributed by atoms with E-state index in [0.717, 1.165) is 4.83 Å². The third-order valence-electron chi connectivity index (χ3n) is 1.64. The van der Waals surface area contributed by atoms with Crippen LogP contribution in [0, 0.1) is 0 Å². The second-order valence-corrected chi connectivity index (χ2v) is 4.56. The molecule has 0 saturated heterocycles. The molecule has 0 amide bonds. The average molecular weight is 228 g/mol. The zero-order valence-electron chi connectivity index (χ0n) is 7.19. The van der Waals surface area contributed by atoms with Gasteiger partial charge in [0.25, 0.3) is 5.56 Å². The van der Waals surface area contributed by atoms with Crippen LogP contribution in [-0.4, -0.2) is 27.4 Å². The summed E-state index contributed by atoms with van der Waals surface area (Å²) in [4.78, 5) is 19.1. The minimum Gasteiger partial charge on any atom is -0.396 e. The van der Waals surface area contributed by atoms with Gasteiger partial charge in [-0.2, -0.15) is 0 Å². The molecular formula is C8H8N2O2S2. The first-order chi connectivity index (χ1) is 6.81. The molecule has 0 radical (unpaired) electrons. The summed E-state index contributed by atoms with van der Waals surface area (Å²) in [5.74, 6) is 0.541. The van der Waals surface area contributed by atoms with Gasteiger partial charge >= 0.3 is 0 Å². The van der Waals surface area contributed by atoms with Crippen molar-refractivity contribution in [1.29, 1.82) is 0 Å². The van der Waals surface area contributed by atoms with Gasteiger partial charge in [0.1, 0.15) is 4.83 Å². The molecular weight excluding hydrogens is 220 g/mol. The van der Waals surface area contributed by atoms with E-state index in [9.17, 15) is 4.79 Å². The quantitative estimate of drug-likeness (QED) is 0.609. The van der Waals surface area contributed by atoms with Gasteiger partial charge in [-0.05, 0) is 11.4 Å². The predicted octanol–water partition coefficient (Wildman–Crippen LogP) is 1.07. The number of nitrogens with zero attached hydrogens (tertiary/aromatic N) is 1. The second kappa shape index (κ2) is 4.12. The van der Waals surface area contributed by atoms with Crippen LogP contribution in [-0.2, 0) is 0 Å². The molecule has 0 aromatic carbocycles. The number of fused-ring (bicyclic) bond motifs is 1. The summed E-state index contributed by atoms with van der Waals surface area (Å²) in [7, 11) is 0. The van der Waals surface area contributed by atoms with E-state index in [2.05, 4.69) is 9.97 Å². The van der Waals surface area contributed by atoms with Crippen LogP contribution in [0.1, 0.15) is 0 Å². The fourth-order valence-corrected chi connectivity index (χ4v) is 2.48. The van der Waals surface area contributed by atoms with Crippen molar-refractivity contribution in [2.75, 3.05) is 12.4 Å². The summed E-state index contributed by atoms with van der Waals surface area (Å²) >= 11 is 2.78. The van der Waals surface area contributed by atoms with Crippen molar-refractivity contribution in [2.24, 2.45) is 0 Å². The number of rotatable bonds is 3. The molecule has 0 aliphatic carbocycles. The lowest BCUT2D eigenvalue weighted by Crippen LogP contribution is -2.07. The molecule has 0 aliphatic heterocycles. The second-order valence-electron chi connectivity index (χ2n) is 2.58. The summed E-state index contributed by atoms with van der Waals surface area (Å²) in [5, 5.41) is 11.7. The van der Waals surface area contributed by atoms with E-state index in [-0.39, 0.29) is 12.2 Å². The van der Waals surface area contributed by atoms with Gasteiger partial charge < -0.3 is 10.1 Å². The fourth-order valence-electron chi connectivity index (χ4n) is 1.06. The van der Waals surface area contributed by atoms with Crippen LogP contribution in [0.15, 0.2) is 21.4 Å². The molecule has 2 N–H and O–H groups in total. The highest BCUT2D eigenvalue weighted by atomic mass is 32.2. The normalized spacial score (nSPS) is 10.9. The summed E-state index contributed by atoms with van der Waals surface area (Å²) in [6.45, 7) is 0.0802. The highest BCUT2D eigenvalue weighted by molar-refractivity contribution is 7.99. The molecule has 6 heteroatoms. The third kappa shape index (κ3) is 1.82. The van der Waals surface area contributed by atoms with Gasteiger partial charge in [-0.15, -0.1) is 11.3 Å². The van der Waals surface area contributed by atoms with Gasteiger partial charge in [0.2, 0.25) is 0 Å². The number of hydrogen-bond acceptors (Lipinski definition) is 5. The molecule has 14 heavy (non-hydrogen) atoms. The number of aromatic nitrogens is 2. The molecule has 0 bridgehead atoms. The lowest BCUT2D eigenvalue weighted by Gasteiger charge is -1.97. The molecule has 74 valence electrons. The van der Waals surface area contributed by atoms with Gasteiger partial charge in [0.15, 0.2) is 5.16 Å². The Morgan fingerprint density at radius 1 is 1.64 bits per heavy atom. The maximum Gasteiger partial charge on any atom is 0.260 e. The molecule has 0 spiro atoms. The largest absolute Gasteiger partial charge is 0.396 e. The monoisotopic (exact) mass is 228 g/mol. The Morgan fingerprint density at radius 2 is 2.50 bits per heavy atom. The van der Waals surface area contributed by atoms with E-state index in [4.69, 9.17) is 5.11 Å². The van der Waals surface area contributed by atoms with E-state index < -0.39 is 0 Å². The summed E-state index contributed by atoms with van der Waals surface area (Å²) < 4.78 is 0. The molecule has 0 unspecified atom stereocenters. The molecule has 2 heterocycles. The van der Waals surface area contributed by atoms with Gasteiger partial charge in [0.05, 0.1) is 12.0 Å². The van der Waals surface area contributed by atoms with Crippen LogP contribution >= 0.6 is 23.1 Å². The van der Waals surface area contributed by atoms with Crippen molar-refractivity contribution in [3.05, 3.63) is 21.8 Å². The van der Waals surface area contributed by atoms with Gasteiger partial charge in [-0.25, -0.2) is 4.98 Å². The molecule has 2 aromatic heterocycles. The number of thiophene rings is 1. The molecule has 2 rings (SSSR count). The Labute approximate surface area is 88.0 Å². The van der Waals surface area contributed by atoms with E-state index in [1.807, 2.05) is 5.38 Å². The summed E-state index contributed by atoms with van der Waals surface area (Å²) in [6, 6.07) is 1.76. The number of aliphatic hydroxyl groups excluding tert-OH is 1. The van der Waals surface area contributed by atoms with Crippen LogP contribution in [0.2, 0.25) is 0 Å². The maximum absolute atomic E-state index is 11.5. The summed E-state index contributed by atoms with van der Waals surface area (Å²) in [5.41, 5.74) is -0.114. The summed E-state index contributed by atoms with van der Waals surface area (Å²) in [6.07, 6.45) is 0. The highest BCUT2D eigenvalue weighted by Gasteiger charge is 2.04. The van der Waals surface area contributed by atoms with E-state index in [1.54, 1.807) is 6.07 Å².